The van der Waals surface area contributed by atoms with E-state index >= 15 is 0 Å². The van der Waals surface area contributed by atoms with Gasteiger partial charge in [-0.25, -0.2) is 0 Å². The Labute approximate surface area is 112 Å². The Morgan fingerprint density at radius 2 is 2.16 bits per heavy atom. The second-order valence-corrected chi connectivity index (χ2v) is 5.28. The molecular weight excluding hydrogens is 244 g/mol. The quantitative estimate of drug-likeness (QED) is 0.903. The molecule has 1 N–H and O–H groups in total. The van der Waals surface area contributed by atoms with Crippen LogP contribution in [0.15, 0.2) is 12.1 Å². The molecule has 1 aliphatic heterocycles. The van der Waals surface area contributed by atoms with Gasteiger partial charge in [-0.05, 0) is 37.8 Å². The minimum Gasteiger partial charge on any atom is -0.481 e. The summed E-state index contributed by atoms with van der Waals surface area (Å²) in [5.74, 6) is -0.698. The van der Waals surface area contributed by atoms with Crippen molar-refractivity contribution < 1.29 is 14.7 Å². The molecule has 0 aromatic carbocycles. The Morgan fingerprint density at radius 1 is 1.42 bits per heavy atom. The number of carboxylic acids is 1. The molecule has 1 aromatic heterocycles. The normalized spacial score (nSPS) is 19.5. The van der Waals surface area contributed by atoms with Crippen LogP contribution in [-0.4, -0.2) is 39.5 Å². The lowest BCUT2D eigenvalue weighted by atomic mass is 9.94. The van der Waals surface area contributed by atoms with Gasteiger partial charge in [-0.3, -0.25) is 9.59 Å². The molecule has 0 aliphatic carbocycles. The van der Waals surface area contributed by atoms with Gasteiger partial charge in [0.1, 0.15) is 5.69 Å². The van der Waals surface area contributed by atoms with Crippen LogP contribution in [0.3, 0.4) is 0 Å². The second-order valence-electron chi connectivity index (χ2n) is 5.28. The molecule has 2 rings (SSSR count). The highest BCUT2D eigenvalue weighted by Gasteiger charge is 2.27. The fourth-order valence-electron chi connectivity index (χ4n) is 2.65. The summed E-state index contributed by atoms with van der Waals surface area (Å²) in [6.45, 7) is 3.23. The molecule has 1 fully saturated rings. The summed E-state index contributed by atoms with van der Waals surface area (Å²) < 4.78 is 1.88. The monoisotopic (exact) mass is 264 g/mol. The van der Waals surface area contributed by atoms with Gasteiger partial charge in [-0.15, -0.1) is 0 Å². The van der Waals surface area contributed by atoms with Crippen LogP contribution in [-0.2, 0) is 11.8 Å². The van der Waals surface area contributed by atoms with Gasteiger partial charge in [0.2, 0.25) is 0 Å². The van der Waals surface area contributed by atoms with E-state index in [2.05, 4.69) is 0 Å². The summed E-state index contributed by atoms with van der Waals surface area (Å²) in [5.41, 5.74) is 1.72. The van der Waals surface area contributed by atoms with E-state index in [1.807, 2.05) is 30.7 Å². The molecule has 19 heavy (non-hydrogen) atoms. The van der Waals surface area contributed by atoms with E-state index in [4.69, 9.17) is 5.11 Å². The third-order valence-electron chi connectivity index (χ3n) is 3.86. The molecule has 5 nitrogen and oxygen atoms in total. The van der Waals surface area contributed by atoms with Crippen molar-refractivity contribution in [3.63, 3.8) is 0 Å². The fraction of sp³-hybridized carbons (Fsp3) is 0.571. The maximum atomic E-state index is 12.4. The van der Waals surface area contributed by atoms with Gasteiger partial charge < -0.3 is 14.6 Å². The molecule has 0 spiro atoms. The number of nitrogens with zero attached hydrogens (tertiary/aromatic N) is 2. The van der Waals surface area contributed by atoms with Crippen LogP contribution in [0.25, 0.3) is 0 Å². The third kappa shape index (κ3) is 2.97. The number of carboxylic acid groups (broad SMARTS) is 1. The number of aliphatic carboxylic acids is 1. The van der Waals surface area contributed by atoms with E-state index in [-0.39, 0.29) is 18.2 Å². The maximum Gasteiger partial charge on any atom is 0.303 e. The number of piperidine rings is 1. The Morgan fingerprint density at radius 3 is 2.74 bits per heavy atom. The van der Waals surface area contributed by atoms with E-state index in [1.54, 1.807) is 4.90 Å². The first kappa shape index (κ1) is 13.6. The van der Waals surface area contributed by atoms with Gasteiger partial charge in [0.05, 0.1) is 0 Å². The van der Waals surface area contributed by atoms with Crippen molar-refractivity contribution in [1.82, 2.24) is 9.47 Å². The van der Waals surface area contributed by atoms with E-state index in [1.165, 1.54) is 0 Å². The summed E-state index contributed by atoms with van der Waals surface area (Å²) in [6.07, 6.45) is 1.92. The predicted octanol–water partition coefficient (Wildman–Crippen LogP) is 1.66. The molecule has 1 atom stereocenters. The molecule has 0 radical (unpaired) electrons. The first-order chi connectivity index (χ1) is 8.99. The van der Waals surface area contributed by atoms with Crippen molar-refractivity contribution >= 4 is 11.9 Å². The largest absolute Gasteiger partial charge is 0.481 e. The molecule has 2 heterocycles. The van der Waals surface area contributed by atoms with Gasteiger partial charge in [0.15, 0.2) is 0 Å². The number of likely N-dealkylation sites (tertiary alicyclic amines) is 1. The molecule has 0 bridgehead atoms. The van der Waals surface area contributed by atoms with Crippen molar-refractivity contribution in [2.75, 3.05) is 13.1 Å². The summed E-state index contributed by atoms with van der Waals surface area (Å²) in [4.78, 5) is 25.0. The highest BCUT2D eigenvalue weighted by Crippen LogP contribution is 2.21. The first-order valence-electron chi connectivity index (χ1n) is 6.62. The number of carbonyl (C=O) groups excluding carboxylic acids is 1. The van der Waals surface area contributed by atoms with Crippen LogP contribution >= 0.6 is 0 Å². The lowest BCUT2D eigenvalue weighted by Crippen LogP contribution is -2.41. The average molecular weight is 264 g/mol. The highest BCUT2D eigenvalue weighted by atomic mass is 16.4. The molecule has 1 amide bonds. The van der Waals surface area contributed by atoms with E-state index < -0.39 is 5.97 Å². The zero-order valence-electron chi connectivity index (χ0n) is 11.4. The predicted molar refractivity (Wildman–Crippen MR) is 71.0 cm³/mol. The SMILES string of the molecule is Cc1ccc(C(=O)N2CCCC(CC(=O)O)C2)n1C. The third-order valence-corrected chi connectivity index (χ3v) is 3.86. The Hall–Kier alpha value is -1.78. The number of rotatable bonds is 3. The Bertz CT molecular complexity index is 493. The molecule has 5 heteroatoms. The number of aromatic nitrogens is 1. The molecule has 1 aliphatic rings. The summed E-state index contributed by atoms with van der Waals surface area (Å²) >= 11 is 0. The van der Waals surface area contributed by atoms with Gasteiger partial charge in [-0.2, -0.15) is 0 Å². The van der Waals surface area contributed by atoms with E-state index in [0.29, 0.717) is 12.2 Å². The maximum absolute atomic E-state index is 12.4. The van der Waals surface area contributed by atoms with E-state index in [9.17, 15) is 9.59 Å². The summed E-state index contributed by atoms with van der Waals surface area (Å²) in [5, 5.41) is 8.85. The fourth-order valence-corrected chi connectivity index (χ4v) is 2.65. The van der Waals surface area contributed by atoms with Gasteiger partial charge in [0, 0.05) is 32.3 Å². The second kappa shape index (κ2) is 5.47. The molecule has 104 valence electrons. The molecule has 1 saturated heterocycles. The minimum atomic E-state index is -0.783. The van der Waals surface area contributed by atoms with Crippen molar-refractivity contribution in [3.8, 4) is 0 Å². The standard InChI is InChI=1S/C14H20N2O3/c1-10-5-6-12(15(10)2)14(19)16-7-3-4-11(9-16)8-13(17)18/h5-6,11H,3-4,7-9H2,1-2H3,(H,17,18). The molecule has 0 saturated carbocycles. The summed E-state index contributed by atoms with van der Waals surface area (Å²) in [6, 6.07) is 3.75. The number of hydrogen-bond donors (Lipinski definition) is 1. The number of hydrogen-bond acceptors (Lipinski definition) is 2. The Balaban J connectivity index is 2.07. The number of aryl methyl sites for hydroxylation is 1. The van der Waals surface area contributed by atoms with Crippen molar-refractivity contribution in [1.29, 1.82) is 0 Å². The van der Waals surface area contributed by atoms with Crippen LogP contribution in [0.1, 0.15) is 35.4 Å². The molecule has 1 aromatic rings. The van der Waals surface area contributed by atoms with Crippen LogP contribution < -0.4 is 0 Å². The zero-order chi connectivity index (χ0) is 14.0. The topological polar surface area (TPSA) is 62.5 Å². The molecule has 1 unspecified atom stereocenters. The van der Waals surface area contributed by atoms with E-state index in [0.717, 1.165) is 25.1 Å². The number of amides is 1. The van der Waals surface area contributed by atoms with Crippen molar-refractivity contribution in [2.24, 2.45) is 13.0 Å². The smallest absolute Gasteiger partial charge is 0.303 e. The average Bonchev–Trinajstić information content (AvgIpc) is 2.69. The van der Waals surface area contributed by atoms with Gasteiger partial charge >= 0.3 is 5.97 Å². The van der Waals surface area contributed by atoms with Crippen molar-refractivity contribution in [2.45, 2.75) is 26.2 Å². The lowest BCUT2D eigenvalue weighted by Gasteiger charge is -2.32. The van der Waals surface area contributed by atoms with Crippen LogP contribution in [0, 0.1) is 12.8 Å². The van der Waals surface area contributed by atoms with Crippen LogP contribution in [0.2, 0.25) is 0 Å². The van der Waals surface area contributed by atoms with Crippen LogP contribution in [0.5, 0.6) is 0 Å². The van der Waals surface area contributed by atoms with Gasteiger partial charge in [0.25, 0.3) is 5.91 Å². The minimum absolute atomic E-state index is 0.00527. The van der Waals surface area contributed by atoms with Crippen LogP contribution in [0.4, 0.5) is 0 Å². The molecular formula is C14H20N2O3. The van der Waals surface area contributed by atoms with Gasteiger partial charge in [-0.1, -0.05) is 0 Å². The first-order valence-corrected chi connectivity index (χ1v) is 6.62. The Kier molecular flexibility index (Phi) is 3.93. The lowest BCUT2D eigenvalue weighted by molar-refractivity contribution is -0.138. The highest BCUT2D eigenvalue weighted by molar-refractivity contribution is 5.93. The summed E-state index contributed by atoms with van der Waals surface area (Å²) in [7, 11) is 1.88. The number of carbonyl (C=O) groups is 2. The van der Waals surface area contributed by atoms with Crippen molar-refractivity contribution in [3.05, 3.63) is 23.5 Å². The zero-order valence-corrected chi connectivity index (χ0v) is 11.4.